The first kappa shape index (κ1) is 17.3. The molecule has 8 nitrogen and oxygen atoms in total. The molecule has 0 aliphatic carbocycles. The SMILES string of the molecule is CNC(=O)NC(=O)C(C)NC(C)C(=O)NCCOC. The summed E-state index contributed by atoms with van der Waals surface area (Å²) in [4.78, 5) is 34.1. The van der Waals surface area contributed by atoms with Gasteiger partial charge in [0.15, 0.2) is 0 Å². The highest BCUT2D eigenvalue weighted by Crippen LogP contribution is 1.89. The molecule has 0 bridgehead atoms. The van der Waals surface area contributed by atoms with E-state index in [0.29, 0.717) is 13.2 Å². The Morgan fingerprint density at radius 1 is 1.11 bits per heavy atom. The molecule has 110 valence electrons. The van der Waals surface area contributed by atoms with Gasteiger partial charge in [-0.15, -0.1) is 0 Å². The van der Waals surface area contributed by atoms with Crippen molar-refractivity contribution >= 4 is 17.8 Å². The molecule has 2 atom stereocenters. The smallest absolute Gasteiger partial charge is 0.321 e. The zero-order valence-electron chi connectivity index (χ0n) is 11.7. The molecule has 0 aromatic carbocycles. The predicted molar refractivity (Wildman–Crippen MR) is 69.5 cm³/mol. The predicted octanol–water partition coefficient (Wildman–Crippen LogP) is -1.43. The normalized spacial score (nSPS) is 13.3. The van der Waals surface area contributed by atoms with Crippen molar-refractivity contribution in [3.63, 3.8) is 0 Å². The van der Waals surface area contributed by atoms with Crippen molar-refractivity contribution < 1.29 is 19.1 Å². The molecule has 0 saturated heterocycles. The van der Waals surface area contributed by atoms with Gasteiger partial charge < -0.3 is 15.4 Å². The van der Waals surface area contributed by atoms with E-state index in [0.717, 1.165) is 0 Å². The number of nitrogens with one attached hydrogen (secondary N) is 4. The van der Waals surface area contributed by atoms with Crippen molar-refractivity contribution in [2.45, 2.75) is 25.9 Å². The molecule has 4 N–H and O–H groups in total. The number of ether oxygens (including phenoxy) is 1. The third-order valence-corrected chi connectivity index (χ3v) is 2.36. The van der Waals surface area contributed by atoms with Crippen LogP contribution in [0.5, 0.6) is 0 Å². The van der Waals surface area contributed by atoms with Gasteiger partial charge in [0.25, 0.3) is 0 Å². The third-order valence-electron chi connectivity index (χ3n) is 2.36. The lowest BCUT2D eigenvalue weighted by molar-refractivity contribution is -0.124. The van der Waals surface area contributed by atoms with Gasteiger partial charge in [0, 0.05) is 20.7 Å². The van der Waals surface area contributed by atoms with Crippen LogP contribution in [0.1, 0.15) is 13.8 Å². The quantitative estimate of drug-likeness (QED) is 0.426. The van der Waals surface area contributed by atoms with Gasteiger partial charge in [-0.3, -0.25) is 20.2 Å². The van der Waals surface area contributed by atoms with E-state index in [9.17, 15) is 14.4 Å². The first-order valence-corrected chi connectivity index (χ1v) is 5.97. The molecule has 0 aromatic rings. The molecule has 8 heteroatoms. The highest BCUT2D eigenvalue weighted by atomic mass is 16.5. The lowest BCUT2D eigenvalue weighted by Gasteiger charge is -2.18. The van der Waals surface area contributed by atoms with Crippen LogP contribution in [0.15, 0.2) is 0 Å². The topological polar surface area (TPSA) is 109 Å². The maximum Gasteiger partial charge on any atom is 0.321 e. The molecule has 0 aromatic heterocycles. The lowest BCUT2D eigenvalue weighted by atomic mass is 10.2. The van der Waals surface area contributed by atoms with E-state index >= 15 is 0 Å². The molecular weight excluding hydrogens is 252 g/mol. The average Bonchev–Trinajstić information content (AvgIpc) is 2.38. The van der Waals surface area contributed by atoms with Crippen LogP contribution in [0.25, 0.3) is 0 Å². The van der Waals surface area contributed by atoms with E-state index in [1.165, 1.54) is 7.05 Å². The van der Waals surface area contributed by atoms with E-state index in [1.807, 2.05) is 0 Å². The molecular formula is C11H22N4O4. The lowest BCUT2D eigenvalue weighted by Crippen LogP contribution is -2.53. The minimum absolute atomic E-state index is 0.239. The van der Waals surface area contributed by atoms with Gasteiger partial charge in [-0.25, -0.2) is 4.79 Å². The van der Waals surface area contributed by atoms with Gasteiger partial charge in [-0.05, 0) is 13.8 Å². The number of carbonyl (C=O) groups excluding carboxylic acids is 3. The molecule has 0 rings (SSSR count). The largest absolute Gasteiger partial charge is 0.383 e. The van der Waals surface area contributed by atoms with Crippen LogP contribution in [-0.2, 0) is 14.3 Å². The van der Waals surface area contributed by atoms with Crippen molar-refractivity contribution in [2.75, 3.05) is 27.3 Å². The van der Waals surface area contributed by atoms with E-state index in [1.54, 1.807) is 21.0 Å². The Morgan fingerprint density at radius 2 is 1.68 bits per heavy atom. The molecule has 19 heavy (non-hydrogen) atoms. The second-order valence-electron chi connectivity index (χ2n) is 3.96. The van der Waals surface area contributed by atoms with Crippen molar-refractivity contribution in [2.24, 2.45) is 0 Å². The zero-order chi connectivity index (χ0) is 14.8. The van der Waals surface area contributed by atoms with Crippen LogP contribution in [0, 0.1) is 0 Å². The van der Waals surface area contributed by atoms with Crippen molar-refractivity contribution in [3.8, 4) is 0 Å². The summed E-state index contributed by atoms with van der Waals surface area (Å²) in [6.07, 6.45) is 0. The summed E-state index contributed by atoms with van der Waals surface area (Å²) < 4.78 is 4.80. The molecule has 0 fully saturated rings. The third kappa shape index (κ3) is 7.37. The van der Waals surface area contributed by atoms with Crippen molar-refractivity contribution in [3.05, 3.63) is 0 Å². The molecule has 0 aliphatic heterocycles. The van der Waals surface area contributed by atoms with Gasteiger partial charge in [0.2, 0.25) is 11.8 Å². The average molecular weight is 274 g/mol. The second kappa shape index (κ2) is 9.29. The minimum Gasteiger partial charge on any atom is -0.383 e. The van der Waals surface area contributed by atoms with E-state index in [-0.39, 0.29) is 5.91 Å². The highest BCUT2D eigenvalue weighted by Gasteiger charge is 2.20. The van der Waals surface area contributed by atoms with Crippen molar-refractivity contribution in [1.82, 2.24) is 21.3 Å². The number of hydrogen-bond donors (Lipinski definition) is 4. The Labute approximate surface area is 112 Å². The molecule has 2 unspecified atom stereocenters. The Bertz CT molecular complexity index is 322. The fourth-order valence-corrected chi connectivity index (χ4v) is 1.24. The standard InChI is InChI=1S/C11H22N4O4/c1-7(9(16)13-5-6-19-4)14-8(2)10(17)15-11(18)12-3/h7-8,14H,5-6H2,1-4H3,(H,13,16)(H2,12,15,17,18). The van der Waals surface area contributed by atoms with Crippen LogP contribution in [0.2, 0.25) is 0 Å². The fourth-order valence-electron chi connectivity index (χ4n) is 1.24. The number of methoxy groups -OCH3 is 1. The maximum atomic E-state index is 11.6. The van der Waals surface area contributed by atoms with Crippen LogP contribution >= 0.6 is 0 Å². The fraction of sp³-hybridized carbons (Fsp3) is 0.727. The van der Waals surface area contributed by atoms with Crippen LogP contribution in [-0.4, -0.2) is 57.2 Å². The van der Waals surface area contributed by atoms with Crippen LogP contribution in [0.3, 0.4) is 0 Å². The van der Waals surface area contributed by atoms with Gasteiger partial charge in [-0.2, -0.15) is 0 Å². The van der Waals surface area contributed by atoms with Crippen LogP contribution in [0.4, 0.5) is 4.79 Å². The van der Waals surface area contributed by atoms with Gasteiger partial charge in [0.1, 0.15) is 0 Å². The number of amides is 4. The second-order valence-corrected chi connectivity index (χ2v) is 3.96. The molecule has 4 amide bonds. The number of carbonyl (C=O) groups is 3. The molecule has 0 heterocycles. The summed E-state index contributed by atoms with van der Waals surface area (Å²) in [7, 11) is 2.95. The number of urea groups is 1. The van der Waals surface area contributed by atoms with Gasteiger partial charge in [0.05, 0.1) is 18.7 Å². The van der Waals surface area contributed by atoms with E-state index in [4.69, 9.17) is 4.74 Å². The Hall–Kier alpha value is -1.67. The summed E-state index contributed by atoms with van der Waals surface area (Å²) in [5, 5.41) is 9.83. The molecule has 0 saturated carbocycles. The summed E-state index contributed by atoms with van der Waals surface area (Å²) in [6, 6.07) is -1.81. The minimum atomic E-state index is -0.666. The van der Waals surface area contributed by atoms with Gasteiger partial charge in [-0.1, -0.05) is 0 Å². The van der Waals surface area contributed by atoms with Gasteiger partial charge >= 0.3 is 6.03 Å². The first-order valence-electron chi connectivity index (χ1n) is 5.97. The molecule has 0 aliphatic rings. The van der Waals surface area contributed by atoms with Crippen LogP contribution < -0.4 is 21.3 Å². The van der Waals surface area contributed by atoms with Crippen molar-refractivity contribution in [1.29, 1.82) is 0 Å². The summed E-state index contributed by atoms with van der Waals surface area (Å²) in [6.45, 7) is 4.02. The van der Waals surface area contributed by atoms with E-state index in [2.05, 4.69) is 21.3 Å². The highest BCUT2D eigenvalue weighted by molar-refractivity contribution is 5.97. The summed E-state index contributed by atoms with van der Waals surface area (Å²) in [5.41, 5.74) is 0. The number of rotatable bonds is 7. The Kier molecular flexibility index (Phi) is 8.47. The molecule has 0 spiro atoms. The number of hydrogen-bond acceptors (Lipinski definition) is 5. The Balaban J connectivity index is 4.09. The monoisotopic (exact) mass is 274 g/mol. The maximum absolute atomic E-state index is 11.6. The Morgan fingerprint density at radius 3 is 2.21 bits per heavy atom. The van der Waals surface area contributed by atoms with E-state index < -0.39 is 24.0 Å². The number of imide groups is 1. The first-order chi connectivity index (χ1) is 8.92. The zero-order valence-corrected chi connectivity index (χ0v) is 11.7. The molecule has 0 radical (unpaired) electrons. The summed E-state index contributed by atoms with van der Waals surface area (Å²) in [5.74, 6) is -0.743. The summed E-state index contributed by atoms with van der Waals surface area (Å²) >= 11 is 0.